The van der Waals surface area contributed by atoms with Crippen LogP contribution in [-0.2, 0) is 4.74 Å². The number of hydrogen-bond acceptors (Lipinski definition) is 3. The maximum absolute atomic E-state index is 5.69. The topological polar surface area (TPSA) is 24.5 Å². The molecule has 0 aromatic rings. The summed E-state index contributed by atoms with van der Waals surface area (Å²) in [4.78, 5) is 2.63. The zero-order chi connectivity index (χ0) is 11.2. The summed E-state index contributed by atoms with van der Waals surface area (Å²) in [5.41, 5.74) is 0. The molecule has 2 heterocycles. The quantitative estimate of drug-likeness (QED) is 0.789. The van der Waals surface area contributed by atoms with E-state index in [2.05, 4.69) is 17.1 Å². The van der Waals surface area contributed by atoms with Crippen molar-refractivity contribution < 1.29 is 4.74 Å². The summed E-state index contributed by atoms with van der Waals surface area (Å²) < 4.78 is 5.69. The van der Waals surface area contributed by atoms with Crippen molar-refractivity contribution in [2.45, 2.75) is 38.7 Å². The van der Waals surface area contributed by atoms with Crippen LogP contribution >= 0.6 is 0 Å². The molecule has 1 N–H and O–H groups in total. The average Bonchev–Trinajstić information content (AvgIpc) is 2.74. The van der Waals surface area contributed by atoms with Crippen molar-refractivity contribution in [3.8, 4) is 0 Å². The minimum atomic E-state index is 0.555. The van der Waals surface area contributed by atoms with Gasteiger partial charge in [-0.15, -0.1) is 0 Å². The van der Waals surface area contributed by atoms with E-state index in [4.69, 9.17) is 4.74 Å². The van der Waals surface area contributed by atoms with E-state index in [0.717, 1.165) is 12.5 Å². The first kappa shape index (κ1) is 12.3. The van der Waals surface area contributed by atoms with Gasteiger partial charge in [0.2, 0.25) is 0 Å². The second-order valence-electron chi connectivity index (χ2n) is 5.39. The Hall–Kier alpha value is -0.120. The summed E-state index contributed by atoms with van der Waals surface area (Å²) in [5, 5.41) is 3.50. The Morgan fingerprint density at radius 1 is 1.38 bits per heavy atom. The van der Waals surface area contributed by atoms with Crippen molar-refractivity contribution >= 4 is 0 Å². The van der Waals surface area contributed by atoms with Crippen molar-refractivity contribution in [3.63, 3.8) is 0 Å². The molecule has 2 unspecified atom stereocenters. The van der Waals surface area contributed by atoms with E-state index in [0.29, 0.717) is 6.10 Å². The number of hydrogen-bond donors (Lipinski definition) is 1. The molecule has 2 rings (SSSR count). The first-order chi connectivity index (χ1) is 7.84. The molecule has 0 aromatic carbocycles. The molecule has 3 heteroatoms. The van der Waals surface area contributed by atoms with Gasteiger partial charge in [0.25, 0.3) is 0 Å². The Labute approximate surface area is 99.5 Å². The third kappa shape index (κ3) is 4.04. The molecule has 94 valence electrons. The predicted molar refractivity (Wildman–Crippen MR) is 66.7 cm³/mol. The Bertz CT molecular complexity index is 192. The zero-order valence-electron chi connectivity index (χ0n) is 10.6. The summed E-state index contributed by atoms with van der Waals surface area (Å²) >= 11 is 0. The SMILES string of the molecule is CC1CNCCCN(CCC2CCCO2)C1. The molecular formula is C13H26N2O. The third-order valence-electron chi connectivity index (χ3n) is 3.68. The van der Waals surface area contributed by atoms with Crippen molar-refractivity contribution in [3.05, 3.63) is 0 Å². The first-order valence-corrected chi connectivity index (χ1v) is 6.89. The summed E-state index contributed by atoms with van der Waals surface area (Å²) in [6.45, 7) is 9.43. The molecule has 3 nitrogen and oxygen atoms in total. The van der Waals surface area contributed by atoms with Crippen LogP contribution in [0.2, 0.25) is 0 Å². The monoisotopic (exact) mass is 226 g/mol. The Morgan fingerprint density at radius 2 is 2.31 bits per heavy atom. The Morgan fingerprint density at radius 3 is 3.12 bits per heavy atom. The Kier molecular flexibility index (Phi) is 5.07. The van der Waals surface area contributed by atoms with Crippen LogP contribution in [0.25, 0.3) is 0 Å². The van der Waals surface area contributed by atoms with Crippen LogP contribution in [-0.4, -0.2) is 50.3 Å². The van der Waals surface area contributed by atoms with Gasteiger partial charge in [-0.3, -0.25) is 0 Å². The normalized spacial score (nSPS) is 33.6. The molecule has 2 fully saturated rings. The van der Waals surface area contributed by atoms with Gasteiger partial charge in [-0.05, 0) is 51.2 Å². The van der Waals surface area contributed by atoms with Gasteiger partial charge in [0.05, 0.1) is 6.10 Å². The summed E-state index contributed by atoms with van der Waals surface area (Å²) in [5.74, 6) is 0.782. The van der Waals surface area contributed by atoms with Gasteiger partial charge >= 0.3 is 0 Å². The van der Waals surface area contributed by atoms with Gasteiger partial charge in [0.1, 0.15) is 0 Å². The second-order valence-corrected chi connectivity index (χ2v) is 5.39. The molecule has 0 bridgehead atoms. The van der Waals surface area contributed by atoms with E-state index >= 15 is 0 Å². The van der Waals surface area contributed by atoms with Crippen molar-refractivity contribution in [2.75, 3.05) is 39.3 Å². The molecule has 2 aliphatic heterocycles. The standard InChI is InChI=1S/C13H26N2O/c1-12-10-14-6-3-7-15(11-12)8-5-13-4-2-9-16-13/h12-14H,2-11H2,1H3. The van der Waals surface area contributed by atoms with Crippen molar-refractivity contribution in [2.24, 2.45) is 5.92 Å². The molecule has 0 radical (unpaired) electrons. The van der Waals surface area contributed by atoms with Gasteiger partial charge in [-0.25, -0.2) is 0 Å². The third-order valence-corrected chi connectivity index (χ3v) is 3.68. The second kappa shape index (κ2) is 6.58. The minimum absolute atomic E-state index is 0.555. The van der Waals surface area contributed by atoms with E-state index in [-0.39, 0.29) is 0 Å². The average molecular weight is 226 g/mol. The van der Waals surface area contributed by atoms with E-state index in [9.17, 15) is 0 Å². The van der Waals surface area contributed by atoms with Crippen LogP contribution < -0.4 is 5.32 Å². The summed E-state index contributed by atoms with van der Waals surface area (Å²) in [7, 11) is 0. The lowest BCUT2D eigenvalue weighted by Crippen LogP contribution is -2.39. The van der Waals surface area contributed by atoms with E-state index in [1.165, 1.54) is 58.4 Å². The molecular weight excluding hydrogens is 200 g/mol. The van der Waals surface area contributed by atoms with Gasteiger partial charge in [0.15, 0.2) is 0 Å². The van der Waals surface area contributed by atoms with Crippen LogP contribution in [0.4, 0.5) is 0 Å². The van der Waals surface area contributed by atoms with Crippen LogP contribution in [0.1, 0.15) is 32.6 Å². The molecule has 16 heavy (non-hydrogen) atoms. The highest BCUT2D eigenvalue weighted by Crippen LogP contribution is 2.16. The fourth-order valence-electron chi connectivity index (χ4n) is 2.77. The number of nitrogens with zero attached hydrogens (tertiary/aromatic N) is 1. The molecule has 2 atom stereocenters. The fourth-order valence-corrected chi connectivity index (χ4v) is 2.77. The highest BCUT2D eigenvalue weighted by Gasteiger charge is 2.18. The predicted octanol–water partition coefficient (Wildman–Crippen LogP) is 1.49. The van der Waals surface area contributed by atoms with Crippen LogP contribution in [0, 0.1) is 5.92 Å². The summed E-state index contributed by atoms with van der Waals surface area (Å²) in [6.07, 6.45) is 5.63. The fraction of sp³-hybridized carbons (Fsp3) is 1.00. The molecule has 0 spiro atoms. The number of ether oxygens (including phenoxy) is 1. The van der Waals surface area contributed by atoms with Gasteiger partial charge in [-0.1, -0.05) is 6.92 Å². The Balaban J connectivity index is 1.68. The molecule has 0 saturated carbocycles. The van der Waals surface area contributed by atoms with Gasteiger partial charge in [-0.2, -0.15) is 0 Å². The van der Waals surface area contributed by atoms with E-state index in [1.807, 2.05) is 0 Å². The van der Waals surface area contributed by atoms with E-state index in [1.54, 1.807) is 0 Å². The zero-order valence-corrected chi connectivity index (χ0v) is 10.6. The maximum Gasteiger partial charge on any atom is 0.0588 e. The molecule has 0 aliphatic carbocycles. The highest BCUT2D eigenvalue weighted by atomic mass is 16.5. The smallest absolute Gasteiger partial charge is 0.0588 e. The highest BCUT2D eigenvalue weighted by molar-refractivity contribution is 4.72. The van der Waals surface area contributed by atoms with Gasteiger partial charge in [0, 0.05) is 19.7 Å². The summed E-state index contributed by atoms with van der Waals surface area (Å²) in [6, 6.07) is 0. The van der Waals surface area contributed by atoms with Gasteiger partial charge < -0.3 is 15.0 Å². The lowest BCUT2D eigenvalue weighted by Gasteiger charge is -2.29. The molecule has 0 amide bonds. The lowest BCUT2D eigenvalue weighted by atomic mass is 10.1. The lowest BCUT2D eigenvalue weighted by molar-refractivity contribution is 0.0884. The molecule has 2 saturated heterocycles. The minimum Gasteiger partial charge on any atom is -0.378 e. The number of nitrogens with one attached hydrogen (secondary N) is 1. The van der Waals surface area contributed by atoms with Crippen molar-refractivity contribution in [1.82, 2.24) is 10.2 Å². The first-order valence-electron chi connectivity index (χ1n) is 6.89. The molecule has 2 aliphatic rings. The maximum atomic E-state index is 5.69. The van der Waals surface area contributed by atoms with Crippen LogP contribution in [0.15, 0.2) is 0 Å². The van der Waals surface area contributed by atoms with Crippen molar-refractivity contribution in [1.29, 1.82) is 0 Å². The molecule has 0 aromatic heterocycles. The van der Waals surface area contributed by atoms with Crippen LogP contribution in [0.3, 0.4) is 0 Å². The van der Waals surface area contributed by atoms with E-state index < -0.39 is 0 Å². The number of rotatable bonds is 3. The largest absolute Gasteiger partial charge is 0.378 e. The van der Waals surface area contributed by atoms with Crippen LogP contribution in [0.5, 0.6) is 0 Å².